The number of anilines is 1. The number of pyridine rings is 2. The van der Waals surface area contributed by atoms with Crippen molar-refractivity contribution in [2.45, 2.75) is 65.9 Å². The second-order valence-electron chi connectivity index (χ2n) is 19.5. The van der Waals surface area contributed by atoms with Crippen LogP contribution in [0.1, 0.15) is 38.8 Å². The Bertz CT molecular complexity index is 4220. The summed E-state index contributed by atoms with van der Waals surface area (Å²) in [6, 6.07) is 27.1. The van der Waals surface area contributed by atoms with E-state index in [0.717, 1.165) is 34.2 Å². The summed E-state index contributed by atoms with van der Waals surface area (Å²) in [6.07, 6.45) is 14.8. The van der Waals surface area contributed by atoms with E-state index in [4.69, 9.17) is 30.5 Å². The molecule has 82 heavy (non-hydrogen) atoms. The van der Waals surface area contributed by atoms with Gasteiger partial charge in [-0.25, -0.2) is 63.1 Å². The van der Waals surface area contributed by atoms with Crippen LogP contribution in [0.4, 0.5) is 5.95 Å². The molecule has 0 spiro atoms. The van der Waals surface area contributed by atoms with E-state index in [0.29, 0.717) is 95.8 Å². The Morgan fingerprint density at radius 1 is 0.634 bits per heavy atom. The number of fused-ring (bicyclic) bond motifs is 2. The molecule has 2 aliphatic rings. The van der Waals surface area contributed by atoms with Crippen LogP contribution in [0.3, 0.4) is 0 Å². The van der Waals surface area contributed by atoms with Gasteiger partial charge in [-0.15, -0.1) is 0 Å². The summed E-state index contributed by atoms with van der Waals surface area (Å²) in [5.74, 6) is 0.396. The maximum absolute atomic E-state index is 13.2. The van der Waals surface area contributed by atoms with Gasteiger partial charge in [0.1, 0.15) is 11.4 Å². The number of hydrogen-bond donors (Lipinski definition) is 4. The fourth-order valence-electron chi connectivity index (χ4n) is 8.98. The molecular weight excluding hydrogens is 1110 g/mol. The van der Waals surface area contributed by atoms with E-state index in [1.807, 2.05) is 23.1 Å². The summed E-state index contributed by atoms with van der Waals surface area (Å²) in [5.41, 5.74) is 10.5. The number of nitrogens with zero attached hydrogens (tertiary/aromatic N) is 12. The Hall–Kier alpha value is -8.15. The van der Waals surface area contributed by atoms with E-state index in [1.165, 1.54) is 34.7 Å². The molecule has 2 aromatic carbocycles. The number of aliphatic hydroxyl groups is 2. The zero-order valence-electron chi connectivity index (χ0n) is 44.7. The Labute approximate surface area is 472 Å². The third-order valence-electron chi connectivity index (χ3n) is 13.2. The van der Waals surface area contributed by atoms with Gasteiger partial charge in [0.15, 0.2) is 11.3 Å². The van der Waals surface area contributed by atoms with Gasteiger partial charge < -0.3 is 30.7 Å². The Kier molecular flexibility index (Phi) is 16.8. The number of nitrogens with one attached hydrogen (secondary N) is 1. The van der Waals surface area contributed by atoms with E-state index < -0.39 is 36.0 Å². The van der Waals surface area contributed by atoms with Gasteiger partial charge in [-0.05, 0) is 87.4 Å². The summed E-state index contributed by atoms with van der Waals surface area (Å²) in [6.45, 7) is 6.40. The second-order valence-corrected chi connectivity index (χ2v) is 25.0. The van der Waals surface area contributed by atoms with Gasteiger partial charge in [0, 0.05) is 115 Å². The molecule has 12 rings (SSSR count). The quantitative estimate of drug-likeness (QED) is 0.0903. The highest BCUT2D eigenvalue weighted by Gasteiger charge is 2.27. The SMILES string of the molecule is CS(=O)(=O)c1nccc(-c2cn(C3CCOC3)nc2-c2cnc3c(ccn3S(=O)(=O)c3ccccc3)c2)n1.C[C@H](O)CN.C[C@H](O)CNc1nccc(-c2cn(C3CCOC3)nc2-c2cnc3c(ccn3S(=O)(=O)c3ccccc3)c2)n1. The lowest BCUT2D eigenvalue weighted by Crippen LogP contribution is -2.16. The van der Waals surface area contributed by atoms with Crippen LogP contribution in [0, 0.1) is 0 Å². The molecule has 10 aromatic rings. The maximum Gasteiger partial charge on any atom is 0.269 e. The minimum absolute atomic E-state index is 0.0208. The maximum atomic E-state index is 13.2. The zero-order valence-corrected chi connectivity index (χ0v) is 47.1. The molecule has 2 fully saturated rings. The van der Waals surface area contributed by atoms with E-state index in [2.05, 4.69) is 35.2 Å². The molecule has 10 heterocycles. The lowest BCUT2D eigenvalue weighted by molar-refractivity contribution is 0.184. The Morgan fingerprint density at radius 3 is 1.52 bits per heavy atom. The molecule has 0 amide bonds. The van der Waals surface area contributed by atoms with Crippen LogP contribution >= 0.6 is 0 Å². The summed E-state index contributed by atoms with van der Waals surface area (Å²) in [7, 11) is -11.2. The fraction of sp³-hybridized carbons (Fsp3) is 0.273. The Balaban J connectivity index is 0.000000170. The van der Waals surface area contributed by atoms with Crippen LogP contribution in [-0.4, -0.2) is 151 Å². The van der Waals surface area contributed by atoms with Gasteiger partial charge >= 0.3 is 0 Å². The van der Waals surface area contributed by atoms with Crippen molar-refractivity contribution in [3.63, 3.8) is 0 Å². The van der Waals surface area contributed by atoms with Gasteiger partial charge in [0.05, 0.1) is 58.7 Å². The van der Waals surface area contributed by atoms with Crippen LogP contribution in [0.25, 0.3) is 67.1 Å². The highest BCUT2D eigenvalue weighted by atomic mass is 32.2. The van der Waals surface area contributed by atoms with Crippen molar-refractivity contribution >= 4 is 57.9 Å². The van der Waals surface area contributed by atoms with Crippen LogP contribution in [0.2, 0.25) is 0 Å². The predicted octanol–water partition coefficient (Wildman–Crippen LogP) is 5.63. The standard InChI is InChI=1S/C27H27N7O4S.C25H22N6O5S2.C3H9NO/c1-18(35)14-30-27-28-10-7-24(31-27)23-16-33(21-9-12-38-17-21)32-25(23)20-13-19-8-11-34(26(19)29-15-20)39(36,37)22-5-3-2-4-6-22;1-37(32,33)25-26-10-7-22(28-25)21-15-30(19-9-12-36-16-19)29-23(21)18-13-17-8-11-31(24(17)27-14-18)38(34,35)20-5-3-2-4-6-20;1-3(5)2-4/h2-8,10-11,13,15-16,18,21,35H,9,12,14,17H2,1H3,(H,28,30,31);2-8,10-11,13-15,19H,9,12,16H2,1H3;3,5H,2,4H2,1H3/t18-,21?;;3-/m0.0/s1. The first-order valence-corrected chi connectivity index (χ1v) is 30.7. The number of hydrogen-bond acceptors (Lipinski definition) is 20. The van der Waals surface area contributed by atoms with Gasteiger partial charge in [-0.2, -0.15) is 10.2 Å². The monoisotopic (exact) mass is 1170 g/mol. The highest BCUT2D eigenvalue weighted by Crippen LogP contribution is 2.36. The number of sulfone groups is 1. The van der Waals surface area contributed by atoms with Crippen LogP contribution in [0.5, 0.6) is 0 Å². The minimum Gasteiger partial charge on any atom is -0.392 e. The first kappa shape index (κ1) is 57.1. The highest BCUT2D eigenvalue weighted by molar-refractivity contribution is 7.90. The smallest absolute Gasteiger partial charge is 0.269 e. The molecule has 0 saturated carbocycles. The van der Waals surface area contributed by atoms with Crippen molar-refractivity contribution in [2.75, 3.05) is 51.1 Å². The first-order chi connectivity index (χ1) is 39.4. The van der Waals surface area contributed by atoms with E-state index >= 15 is 0 Å². The van der Waals surface area contributed by atoms with Crippen molar-refractivity contribution in [3.8, 4) is 45.0 Å². The van der Waals surface area contributed by atoms with Gasteiger partial charge in [0.2, 0.25) is 20.9 Å². The summed E-state index contributed by atoms with van der Waals surface area (Å²) < 4.78 is 94.2. The van der Waals surface area contributed by atoms with Gasteiger partial charge in [0.25, 0.3) is 20.0 Å². The molecule has 5 N–H and O–H groups in total. The first-order valence-electron chi connectivity index (χ1n) is 26.0. The lowest BCUT2D eigenvalue weighted by atomic mass is 10.1. The van der Waals surface area contributed by atoms with Crippen LogP contribution in [-0.2, 0) is 39.4 Å². The fourth-order valence-corrected chi connectivity index (χ4v) is 12.2. The largest absolute Gasteiger partial charge is 0.392 e. The summed E-state index contributed by atoms with van der Waals surface area (Å²) in [5, 5.41) is 31.6. The van der Waals surface area contributed by atoms with Crippen LogP contribution in [0.15, 0.2) is 162 Å². The normalized spacial score (nSPS) is 16.3. The topological polar surface area (TPSA) is 322 Å². The van der Waals surface area contributed by atoms with E-state index in [9.17, 15) is 30.4 Å². The molecule has 2 unspecified atom stereocenters. The minimum atomic E-state index is -3.83. The molecule has 8 aromatic heterocycles. The average molecular weight is 1170 g/mol. The van der Waals surface area contributed by atoms with Gasteiger partial charge in [-0.3, -0.25) is 9.36 Å². The van der Waals surface area contributed by atoms with Crippen molar-refractivity contribution in [1.29, 1.82) is 0 Å². The van der Waals surface area contributed by atoms with E-state index in [-0.39, 0.29) is 38.8 Å². The predicted molar refractivity (Wildman–Crippen MR) is 305 cm³/mol. The number of benzene rings is 2. The third kappa shape index (κ3) is 12.4. The summed E-state index contributed by atoms with van der Waals surface area (Å²) in [4.78, 5) is 26.5. The zero-order chi connectivity index (χ0) is 57.8. The molecule has 4 atom stereocenters. The number of aromatic nitrogens is 12. The number of ether oxygens (including phenoxy) is 2. The molecular formula is C55H58N14O10S3. The van der Waals surface area contributed by atoms with Crippen molar-refractivity contribution in [1.82, 2.24) is 57.4 Å². The van der Waals surface area contributed by atoms with E-state index in [1.54, 1.807) is 116 Å². The van der Waals surface area contributed by atoms with Crippen LogP contribution < -0.4 is 11.1 Å². The number of rotatable bonds is 15. The second kappa shape index (κ2) is 24.1. The molecule has 24 nitrogen and oxygen atoms in total. The molecule has 2 aliphatic heterocycles. The lowest BCUT2D eigenvalue weighted by Gasteiger charge is -2.09. The third-order valence-corrected chi connectivity index (χ3v) is 17.4. The van der Waals surface area contributed by atoms with Crippen molar-refractivity contribution < 1.29 is 44.9 Å². The average Bonchev–Trinajstić information content (AvgIpc) is 3.89. The molecule has 0 radical (unpaired) electrons. The van der Waals surface area contributed by atoms with Crippen molar-refractivity contribution in [3.05, 3.63) is 147 Å². The number of nitrogens with two attached hydrogens (primary N) is 1. The Morgan fingerprint density at radius 2 is 1.10 bits per heavy atom. The molecule has 426 valence electrons. The molecule has 0 aliphatic carbocycles. The van der Waals surface area contributed by atoms with Crippen molar-refractivity contribution in [2.24, 2.45) is 5.73 Å². The molecule has 27 heteroatoms. The molecule has 0 bridgehead atoms. The summed E-state index contributed by atoms with van der Waals surface area (Å²) >= 11 is 0. The van der Waals surface area contributed by atoms with Gasteiger partial charge in [-0.1, -0.05) is 36.4 Å². The molecule has 2 saturated heterocycles. The number of aliphatic hydroxyl groups excluding tert-OH is 2.